The van der Waals surface area contributed by atoms with Crippen molar-refractivity contribution in [3.8, 4) is 0 Å². The Balaban J connectivity index is 1.37. The predicted octanol–water partition coefficient (Wildman–Crippen LogP) is 9.40. The molecule has 0 spiro atoms. The molecule has 52 heavy (non-hydrogen) atoms. The van der Waals surface area contributed by atoms with Crippen LogP contribution in [-0.4, -0.2) is 39.1 Å². The largest absolute Gasteiger partial charge is 0.324 e. The molecule has 4 aromatic carbocycles. The first-order valence-corrected chi connectivity index (χ1v) is 17.5. The van der Waals surface area contributed by atoms with Gasteiger partial charge < -0.3 is 16.0 Å². The van der Waals surface area contributed by atoms with Gasteiger partial charge in [-0.2, -0.15) is 33.6 Å². The lowest BCUT2D eigenvalue weighted by Crippen LogP contribution is -2.07. The molecule has 1 aromatic heterocycles. The molecule has 0 bridgehead atoms. The zero-order valence-electron chi connectivity index (χ0n) is 27.7. The molecule has 0 aliphatic heterocycles. The normalized spacial score (nSPS) is 11.7. The number of nitrogens with zero attached hydrogens (tertiary/aromatic N) is 7. The van der Waals surface area contributed by atoms with E-state index in [2.05, 4.69) is 60.7 Å². The van der Waals surface area contributed by atoms with Crippen LogP contribution in [0.4, 0.5) is 51.7 Å². The van der Waals surface area contributed by atoms with Crippen LogP contribution in [0.3, 0.4) is 0 Å². The van der Waals surface area contributed by atoms with Crippen molar-refractivity contribution >= 4 is 91.4 Å². The van der Waals surface area contributed by atoms with Gasteiger partial charge in [-0.3, -0.25) is 9.35 Å². The SMILES string of the molecule is CC(=O)Nc1cc(Nc2nc(Cl)nc(Nc3cccc(C)c3)n2)ccc1N=Nc1cc(C)c(N=Nc2cc(SOOO)ccc2S(=O)(=O)O)cc1C. The van der Waals surface area contributed by atoms with Crippen LogP contribution >= 0.6 is 23.6 Å². The average Bonchev–Trinajstić information content (AvgIpc) is 3.06. The fraction of sp³-hybridized carbons (Fsp3) is 0.125. The van der Waals surface area contributed by atoms with Gasteiger partial charge in [-0.1, -0.05) is 17.2 Å². The third-order valence-electron chi connectivity index (χ3n) is 6.86. The quantitative estimate of drug-likeness (QED) is 0.0247. The fourth-order valence-electron chi connectivity index (χ4n) is 4.55. The summed E-state index contributed by atoms with van der Waals surface area (Å²) in [5, 5.41) is 37.9. The number of nitrogens with one attached hydrogen (secondary N) is 3. The predicted molar refractivity (Wildman–Crippen MR) is 195 cm³/mol. The molecule has 0 saturated carbocycles. The van der Waals surface area contributed by atoms with Crippen molar-refractivity contribution in [3.05, 3.63) is 94.8 Å². The second-order valence-electron chi connectivity index (χ2n) is 10.9. The van der Waals surface area contributed by atoms with E-state index in [1.54, 1.807) is 44.2 Å². The van der Waals surface area contributed by atoms with Gasteiger partial charge in [0.25, 0.3) is 10.1 Å². The number of anilines is 5. The Hall–Kier alpha value is -5.41. The molecule has 20 heteroatoms. The number of benzene rings is 4. The number of carbonyl (C=O) groups is 1. The molecule has 17 nitrogen and oxygen atoms in total. The molecule has 0 aliphatic carbocycles. The van der Waals surface area contributed by atoms with Gasteiger partial charge in [0.2, 0.25) is 23.1 Å². The number of aryl methyl sites for hydroxylation is 3. The Bertz CT molecular complexity index is 2310. The number of aromatic nitrogens is 3. The molecule has 0 radical (unpaired) electrons. The van der Waals surface area contributed by atoms with Crippen LogP contribution < -0.4 is 16.0 Å². The molecule has 1 heterocycles. The minimum Gasteiger partial charge on any atom is -0.324 e. The van der Waals surface area contributed by atoms with Crippen molar-refractivity contribution in [2.24, 2.45) is 20.5 Å². The van der Waals surface area contributed by atoms with Gasteiger partial charge in [0.1, 0.15) is 16.3 Å². The number of hydrogen-bond donors (Lipinski definition) is 5. The highest BCUT2D eigenvalue weighted by Gasteiger charge is 2.17. The number of rotatable bonds is 13. The van der Waals surface area contributed by atoms with E-state index in [1.807, 2.05) is 31.2 Å². The Morgan fingerprint density at radius 2 is 1.40 bits per heavy atom. The minimum absolute atomic E-state index is 0.0330. The van der Waals surface area contributed by atoms with E-state index in [0.29, 0.717) is 56.5 Å². The average molecular weight is 765 g/mol. The number of amides is 1. The van der Waals surface area contributed by atoms with E-state index in [4.69, 9.17) is 16.9 Å². The van der Waals surface area contributed by atoms with Gasteiger partial charge in [0.15, 0.2) is 0 Å². The molecule has 5 aromatic rings. The zero-order chi connectivity index (χ0) is 37.4. The molecule has 5 rings (SSSR count). The maximum Gasteiger partial charge on any atom is 0.296 e. The zero-order valence-corrected chi connectivity index (χ0v) is 30.1. The van der Waals surface area contributed by atoms with Crippen LogP contribution in [0.15, 0.2) is 103 Å². The standard InChI is InChI=1S/C32H29ClN10O7S2/c1-17-6-5-7-21(12-17)35-31-37-30(33)38-32(39-31)36-22-8-10-24(27(15-22)34-20(4)44)40-41-25-13-19(3)26(14-18(25)2)42-43-28-16-23(51-50-49-45)9-11-29(28)52(46,47)48/h5-16,45H,1-4H3,(H,34,44)(H,46,47,48)(H2,35,36,37,38,39). The highest BCUT2D eigenvalue weighted by Crippen LogP contribution is 2.36. The molecule has 0 aliphatic rings. The molecule has 0 fully saturated rings. The second kappa shape index (κ2) is 16.7. The maximum absolute atomic E-state index is 12.1. The molecule has 0 saturated heterocycles. The van der Waals surface area contributed by atoms with Crippen LogP contribution in [0.25, 0.3) is 0 Å². The maximum atomic E-state index is 12.1. The third kappa shape index (κ3) is 10.3. The van der Waals surface area contributed by atoms with Crippen LogP contribution in [0.2, 0.25) is 5.28 Å². The summed E-state index contributed by atoms with van der Waals surface area (Å²) in [5.41, 5.74) is 5.00. The van der Waals surface area contributed by atoms with Crippen LogP contribution in [0.5, 0.6) is 0 Å². The Kier molecular flexibility index (Phi) is 12.2. The topological polar surface area (TPSA) is 234 Å². The van der Waals surface area contributed by atoms with Crippen LogP contribution in [0.1, 0.15) is 23.6 Å². The van der Waals surface area contributed by atoms with Crippen LogP contribution in [0, 0.1) is 20.8 Å². The first-order valence-electron chi connectivity index (χ1n) is 14.9. The van der Waals surface area contributed by atoms with Gasteiger partial charge in [0, 0.05) is 23.2 Å². The minimum atomic E-state index is -4.64. The Morgan fingerprint density at radius 3 is 2.00 bits per heavy atom. The third-order valence-corrected chi connectivity index (χ3v) is 8.51. The number of carbonyl (C=O) groups excluding carboxylic acids is 1. The van der Waals surface area contributed by atoms with Crippen molar-refractivity contribution in [2.45, 2.75) is 37.5 Å². The molecule has 0 atom stereocenters. The smallest absolute Gasteiger partial charge is 0.296 e. The lowest BCUT2D eigenvalue weighted by molar-refractivity contribution is -0.432. The van der Waals surface area contributed by atoms with E-state index >= 15 is 0 Å². The van der Waals surface area contributed by atoms with Crippen molar-refractivity contribution < 1.29 is 32.4 Å². The van der Waals surface area contributed by atoms with Crippen LogP contribution in [-0.2, 0) is 24.3 Å². The van der Waals surface area contributed by atoms with E-state index in [-0.39, 0.29) is 28.8 Å². The Labute approximate surface area is 306 Å². The molecular weight excluding hydrogens is 736 g/mol. The summed E-state index contributed by atoms with van der Waals surface area (Å²) in [5.74, 6) is 0.0567. The van der Waals surface area contributed by atoms with Gasteiger partial charge in [-0.15, -0.1) is 14.6 Å². The van der Waals surface area contributed by atoms with Gasteiger partial charge in [0.05, 0.1) is 29.1 Å². The summed E-state index contributed by atoms with van der Waals surface area (Å²) in [7, 11) is -4.64. The lowest BCUT2D eigenvalue weighted by atomic mass is 10.1. The highest BCUT2D eigenvalue weighted by atomic mass is 35.5. The van der Waals surface area contributed by atoms with Gasteiger partial charge in [-0.05, 0) is 110 Å². The van der Waals surface area contributed by atoms with E-state index in [9.17, 15) is 17.8 Å². The van der Waals surface area contributed by atoms with Crippen molar-refractivity contribution in [1.82, 2.24) is 15.0 Å². The summed E-state index contributed by atoms with van der Waals surface area (Å²) < 4.78 is 37.8. The molecular formula is C32H29ClN10O7S2. The number of azo groups is 2. The van der Waals surface area contributed by atoms with E-state index in [0.717, 1.165) is 17.3 Å². The monoisotopic (exact) mass is 764 g/mol. The van der Waals surface area contributed by atoms with Crippen molar-refractivity contribution in [1.29, 1.82) is 0 Å². The first-order chi connectivity index (χ1) is 24.8. The lowest BCUT2D eigenvalue weighted by Gasteiger charge is -2.11. The summed E-state index contributed by atoms with van der Waals surface area (Å²) in [6, 6.07) is 19.7. The van der Waals surface area contributed by atoms with Crippen molar-refractivity contribution in [3.63, 3.8) is 0 Å². The Morgan fingerprint density at radius 1 is 0.788 bits per heavy atom. The highest BCUT2D eigenvalue weighted by molar-refractivity contribution is 7.94. The first kappa shape index (κ1) is 37.8. The molecule has 268 valence electrons. The van der Waals surface area contributed by atoms with E-state index < -0.39 is 15.0 Å². The summed E-state index contributed by atoms with van der Waals surface area (Å²) in [4.78, 5) is 24.6. The van der Waals surface area contributed by atoms with E-state index in [1.165, 1.54) is 19.1 Å². The summed E-state index contributed by atoms with van der Waals surface area (Å²) in [6.07, 6.45) is 0. The molecule has 1 amide bonds. The number of hydrogen-bond acceptors (Lipinski definition) is 16. The van der Waals surface area contributed by atoms with Crippen molar-refractivity contribution in [2.75, 3.05) is 16.0 Å². The van der Waals surface area contributed by atoms with Gasteiger partial charge >= 0.3 is 0 Å². The molecule has 5 N–H and O–H groups in total. The summed E-state index contributed by atoms with van der Waals surface area (Å²) >= 11 is 6.75. The summed E-state index contributed by atoms with van der Waals surface area (Å²) in [6.45, 7) is 6.84. The second-order valence-corrected chi connectivity index (χ2v) is 13.4. The molecule has 0 unspecified atom stereocenters. The van der Waals surface area contributed by atoms with Gasteiger partial charge in [-0.25, -0.2) is 5.26 Å². The number of halogens is 1. The fourth-order valence-corrected chi connectivity index (χ4v) is 5.71.